The maximum Gasteiger partial charge on any atom is 0.169 e. The van der Waals surface area contributed by atoms with Crippen molar-refractivity contribution in [2.45, 2.75) is 6.92 Å². The number of aromatic nitrogens is 1. The van der Waals surface area contributed by atoms with Gasteiger partial charge in [0.25, 0.3) is 0 Å². The van der Waals surface area contributed by atoms with Crippen LogP contribution in [0.1, 0.15) is 5.69 Å². The first-order valence-corrected chi connectivity index (χ1v) is 3.40. The van der Waals surface area contributed by atoms with Gasteiger partial charge in [0.1, 0.15) is 0 Å². The smallest absolute Gasteiger partial charge is 0.169 e. The van der Waals surface area contributed by atoms with Crippen molar-refractivity contribution in [1.29, 1.82) is 0 Å². The Bertz CT molecular complexity index is 269. The Balaban J connectivity index is 3.17. The molecule has 0 bridgehead atoms. The lowest BCUT2D eigenvalue weighted by Gasteiger charge is -1.91. The van der Waals surface area contributed by atoms with Gasteiger partial charge < -0.3 is 0 Å². The lowest BCUT2D eigenvalue weighted by atomic mass is 10.5. The van der Waals surface area contributed by atoms with Gasteiger partial charge in [-0.3, -0.25) is 0 Å². The van der Waals surface area contributed by atoms with Crippen LogP contribution in [0.3, 0.4) is 0 Å². The van der Waals surface area contributed by atoms with E-state index in [0.717, 1.165) is 9.15 Å². The first kappa shape index (κ1) is 7.27. The third-order valence-electron chi connectivity index (χ3n) is 1.23. The monoisotopic (exact) mass is 204 g/mol. The van der Waals surface area contributed by atoms with Gasteiger partial charge in [-0.15, -0.1) is 0 Å². The van der Waals surface area contributed by atoms with Gasteiger partial charge in [0.2, 0.25) is 0 Å². The highest BCUT2D eigenvalue weighted by Crippen LogP contribution is 2.15. The van der Waals surface area contributed by atoms with Crippen molar-refractivity contribution in [3.05, 3.63) is 32.5 Å². The Kier molecular flexibility index (Phi) is 1.76. The van der Waals surface area contributed by atoms with Crippen LogP contribution in [0, 0.1) is 17.0 Å². The van der Waals surface area contributed by atoms with Crippen molar-refractivity contribution in [2.75, 3.05) is 0 Å². The summed E-state index contributed by atoms with van der Waals surface area (Å²) in [5.41, 5.74) is 0.602. The van der Waals surface area contributed by atoms with E-state index in [1.807, 2.05) is 0 Å². The lowest BCUT2D eigenvalue weighted by Crippen LogP contribution is -2.08. The summed E-state index contributed by atoms with van der Waals surface area (Å²) in [6.45, 7) is 1.67. The summed E-state index contributed by atoms with van der Waals surface area (Å²) in [5.74, 6) is 0. The second kappa shape index (κ2) is 2.42. The number of halogens is 1. The van der Waals surface area contributed by atoms with Gasteiger partial charge in [-0.05, 0) is 28.9 Å². The van der Waals surface area contributed by atoms with E-state index in [1.165, 1.54) is 6.20 Å². The minimum Gasteiger partial charge on any atom is -0.234 e. The van der Waals surface area contributed by atoms with Crippen molar-refractivity contribution < 1.29 is 5.03 Å². The maximum absolute atomic E-state index is 10.2. The zero-order valence-electron chi connectivity index (χ0n) is 5.24. The van der Waals surface area contributed by atoms with Gasteiger partial charge in [-0.2, -0.15) is 0 Å². The van der Waals surface area contributed by atoms with Crippen molar-refractivity contribution >= 4 is 15.9 Å². The zero-order valence-corrected chi connectivity index (χ0v) is 6.83. The molecule has 0 aliphatic rings. The molecule has 0 atom stereocenters. The molecule has 5 heteroatoms. The van der Waals surface area contributed by atoms with Gasteiger partial charge in [-0.1, -0.05) is 4.68 Å². The third kappa shape index (κ3) is 1.04. The third-order valence-corrected chi connectivity index (χ3v) is 2.07. The molecule has 1 heterocycles. The molecule has 0 saturated heterocycles. The fourth-order valence-corrected chi connectivity index (χ4v) is 0.955. The molecule has 0 fully saturated rings. The van der Waals surface area contributed by atoms with Crippen LogP contribution in [0.15, 0.2) is 16.7 Å². The first-order chi connectivity index (χ1) is 4.63. The molecule has 0 unspecified atom stereocenters. The molecule has 0 aliphatic carbocycles. The summed E-state index contributed by atoms with van der Waals surface area (Å²) in [6.07, 6.45) is 1.40. The minimum atomic E-state index is -0.472. The van der Waals surface area contributed by atoms with Gasteiger partial charge in [-0.25, -0.2) is 10.1 Å². The highest BCUT2D eigenvalue weighted by Gasteiger charge is 2.07. The number of nitro groups is 1. The Morgan fingerprint density at radius 2 is 2.40 bits per heavy atom. The van der Waals surface area contributed by atoms with Crippen LogP contribution in [0.2, 0.25) is 0 Å². The van der Waals surface area contributed by atoms with Crippen molar-refractivity contribution in [3.63, 3.8) is 0 Å². The van der Waals surface area contributed by atoms with E-state index in [0.29, 0.717) is 5.69 Å². The van der Waals surface area contributed by atoms with Crippen LogP contribution in [-0.2, 0) is 0 Å². The summed E-state index contributed by atoms with van der Waals surface area (Å²) in [5, 5.41) is 9.71. The Labute approximate surface area is 65.7 Å². The Morgan fingerprint density at radius 3 is 2.60 bits per heavy atom. The fourth-order valence-electron chi connectivity index (χ4n) is 0.655. The molecule has 54 valence electrons. The van der Waals surface area contributed by atoms with Crippen molar-refractivity contribution in [1.82, 2.24) is 4.68 Å². The number of nitrogens with zero attached hydrogens (tertiary/aromatic N) is 2. The molecule has 1 rings (SSSR count). The quantitative estimate of drug-likeness (QED) is 0.516. The Hall–Kier alpha value is -0.840. The van der Waals surface area contributed by atoms with E-state index < -0.39 is 5.03 Å². The molecule has 0 N–H and O–H groups in total. The van der Waals surface area contributed by atoms with Crippen LogP contribution in [0.5, 0.6) is 0 Å². The fraction of sp³-hybridized carbons (Fsp3) is 0.200. The molecule has 10 heavy (non-hydrogen) atoms. The molecule has 1 aromatic rings. The van der Waals surface area contributed by atoms with Crippen molar-refractivity contribution in [3.8, 4) is 0 Å². The second-order valence-corrected chi connectivity index (χ2v) is 2.69. The summed E-state index contributed by atoms with van der Waals surface area (Å²) in [6, 6.07) is 1.64. The van der Waals surface area contributed by atoms with E-state index in [1.54, 1.807) is 13.0 Å². The van der Waals surface area contributed by atoms with Gasteiger partial charge >= 0.3 is 0 Å². The van der Waals surface area contributed by atoms with Crippen molar-refractivity contribution in [2.24, 2.45) is 0 Å². The molecular formula is C5H5BrN2O2. The van der Waals surface area contributed by atoms with Gasteiger partial charge in [0, 0.05) is 4.47 Å². The zero-order chi connectivity index (χ0) is 7.72. The summed E-state index contributed by atoms with van der Waals surface area (Å²) in [7, 11) is 0. The average molecular weight is 205 g/mol. The molecule has 0 aromatic carbocycles. The second-order valence-electron chi connectivity index (χ2n) is 1.83. The number of rotatable bonds is 1. The van der Waals surface area contributed by atoms with Gasteiger partial charge in [0.15, 0.2) is 5.03 Å². The van der Waals surface area contributed by atoms with Crippen LogP contribution in [0.4, 0.5) is 0 Å². The van der Waals surface area contributed by atoms with Crippen LogP contribution in [-0.4, -0.2) is 9.71 Å². The number of hydrogen-bond acceptors (Lipinski definition) is 2. The predicted octanol–water partition coefficient (Wildman–Crippen LogP) is 1.60. The van der Waals surface area contributed by atoms with E-state index in [4.69, 9.17) is 0 Å². The standard InChI is InChI=1S/C5H5BrN2O2/c1-4-5(6)2-3-7(4)8(9)10/h2-3H,1H3. The largest absolute Gasteiger partial charge is 0.234 e. The van der Waals surface area contributed by atoms with Crippen LogP contribution in [0.25, 0.3) is 0 Å². The first-order valence-electron chi connectivity index (χ1n) is 2.61. The van der Waals surface area contributed by atoms with E-state index in [-0.39, 0.29) is 0 Å². The minimum absolute atomic E-state index is 0.472. The van der Waals surface area contributed by atoms with Gasteiger partial charge in [0.05, 0.1) is 11.9 Å². The molecule has 1 aromatic heterocycles. The lowest BCUT2D eigenvalue weighted by molar-refractivity contribution is -0.543. The molecule has 0 saturated carbocycles. The topological polar surface area (TPSA) is 48.1 Å². The summed E-state index contributed by atoms with van der Waals surface area (Å²) < 4.78 is 1.72. The summed E-state index contributed by atoms with van der Waals surface area (Å²) >= 11 is 3.16. The SMILES string of the molecule is Cc1c(Br)ccn1[N+](=O)[O-]. The van der Waals surface area contributed by atoms with Crippen LogP contribution < -0.4 is 0 Å². The molecule has 0 spiro atoms. The molecule has 0 amide bonds. The van der Waals surface area contributed by atoms with E-state index >= 15 is 0 Å². The average Bonchev–Trinajstić information content (AvgIpc) is 2.14. The molecular weight excluding hydrogens is 200 g/mol. The molecule has 4 nitrogen and oxygen atoms in total. The highest BCUT2D eigenvalue weighted by molar-refractivity contribution is 9.10. The molecule has 0 aliphatic heterocycles. The normalized spacial score (nSPS) is 9.80. The predicted molar refractivity (Wildman–Crippen MR) is 39.3 cm³/mol. The number of hydrogen-bond donors (Lipinski definition) is 0. The Morgan fingerprint density at radius 1 is 1.80 bits per heavy atom. The maximum atomic E-state index is 10.2. The molecule has 0 radical (unpaired) electrons. The van der Waals surface area contributed by atoms with E-state index in [2.05, 4.69) is 15.9 Å². The highest BCUT2D eigenvalue weighted by atomic mass is 79.9. The van der Waals surface area contributed by atoms with Crippen LogP contribution >= 0.6 is 15.9 Å². The summed E-state index contributed by atoms with van der Waals surface area (Å²) in [4.78, 5) is 10.2. The van der Waals surface area contributed by atoms with E-state index in [9.17, 15) is 10.1 Å².